The second kappa shape index (κ2) is 8.33. The number of benzene rings is 2. The first-order valence-electron chi connectivity index (χ1n) is 9.48. The maximum Gasteiger partial charge on any atom is 0.205 e. The van der Waals surface area contributed by atoms with Crippen molar-refractivity contribution in [3.63, 3.8) is 0 Å². The van der Waals surface area contributed by atoms with Gasteiger partial charge in [-0.15, -0.1) is 0 Å². The number of nitrogens with two attached hydrogens (primary N) is 1. The summed E-state index contributed by atoms with van der Waals surface area (Å²) < 4.78 is 25.2. The molecule has 0 radical (unpaired) electrons. The average Bonchev–Trinajstić information content (AvgIpc) is 2.73. The molecule has 7 heteroatoms. The van der Waals surface area contributed by atoms with E-state index in [1.165, 1.54) is 12.1 Å². The van der Waals surface area contributed by atoms with Gasteiger partial charge in [0.15, 0.2) is 5.78 Å². The van der Waals surface area contributed by atoms with E-state index in [-0.39, 0.29) is 29.7 Å². The SMILES string of the molecule is N#CC1=C(N)OC2=C(C(=O)CCC2)[C@@H]1c1ccc(OCc2ccc(F)cc2)c(Br)c1. The number of rotatable bonds is 4. The molecule has 0 saturated heterocycles. The van der Waals surface area contributed by atoms with Gasteiger partial charge in [-0.1, -0.05) is 18.2 Å². The molecular weight excluding hydrogens is 451 g/mol. The van der Waals surface area contributed by atoms with Crippen molar-refractivity contribution >= 4 is 21.7 Å². The molecule has 1 atom stereocenters. The van der Waals surface area contributed by atoms with Crippen LogP contribution in [0.15, 0.2) is 69.7 Å². The van der Waals surface area contributed by atoms with Crippen LogP contribution in [0.3, 0.4) is 0 Å². The van der Waals surface area contributed by atoms with Crippen LogP contribution in [-0.2, 0) is 16.1 Å². The Balaban J connectivity index is 1.64. The summed E-state index contributed by atoms with van der Waals surface area (Å²) >= 11 is 3.51. The summed E-state index contributed by atoms with van der Waals surface area (Å²) in [5.41, 5.74) is 8.32. The van der Waals surface area contributed by atoms with Crippen LogP contribution in [0.25, 0.3) is 0 Å². The van der Waals surface area contributed by atoms with Crippen molar-refractivity contribution in [1.82, 2.24) is 0 Å². The van der Waals surface area contributed by atoms with E-state index in [1.807, 2.05) is 12.1 Å². The zero-order valence-electron chi connectivity index (χ0n) is 16.0. The summed E-state index contributed by atoms with van der Waals surface area (Å²) in [5.74, 6) is 0.314. The minimum atomic E-state index is -0.561. The maximum absolute atomic E-state index is 13.0. The Labute approximate surface area is 181 Å². The molecule has 0 unspecified atom stereocenters. The monoisotopic (exact) mass is 468 g/mol. The molecule has 4 rings (SSSR count). The second-order valence-electron chi connectivity index (χ2n) is 7.14. The Morgan fingerprint density at radius 3 is 2.70 bits per heavy atom. The molecule has 5 nitrogen and oxygen atoms in total. The van der Waals surface area contributed by atoms with Gasteiger partial charge in [0.2, 0.25) is 5.88 Å². The molecule has 0 bridgehead atoms. The fourth-order valence-corrected chi connectivity index (χ4v) is 4.26. The predicted octanol–water partition coefficient (Wildman–Crippen LogP) is 4.98. The summed E-state index contributed by atoms with van der Waals surface area (Å²) in [6, 6.07) is 13.6. The molecule has 152 valence electrons. The third kappa shape index (κ3) is 3.83. The molecular formula is C23H18BrFN2O3. The molecule has 2 aliphatic rings. The number of carbonyl (C=O) groups is 1. The van der Waals surface area contributed by atoms with E-state index in [0.717, 1.165) is 11.1 Å². The number of hydrogen-bond acceptors (Lipinski definition) is 5. The molecule has 2 aromatic rings. The van der Waals surface area contributed by atoms with Crippen LogP contribution in [-0.4, -0.2) is 5.78 Å². The lowest BCUT2D eigenvalue weighted by Gasteiger charge is -2.31. The number of halogens is 2. The van der Waals surface area contributed by atoms with Crippen LogP contribution in [0.1, 0.15) is 36.3 Å². The van der Waals surface area contributed by atoms with Crippen molar-refractivity contribution in [1.29, 1.82) is 5.26 Å². The first-order valence-corrected chi connectivity index (χ1v) is 10.3. The smallest absolute Gasteiger partial charge is 0.205 e. The molecule has 0 fully saturated rings. The number of ether oxygens (including phenoxy) is 2. The topological polar surface area (TPSA) is 85.3 Å². The van der Waals surface area contributed by atoms with E-state index in [0.29, 0.717) is 40.8 Å². The van der Waals surface area contributed by atoms with Crippen molar-refractivity contribution in [3.8, 4) is 11.8 Å². The third-order valence-electron chi connectivity index (χ3n) is 5.20. The molecule has 0 spiro atoms. The number of ketones is 1. The molecule has 30 heavy (non-hydrogen) atoms. The van der Waals surface area contributed by atoms with Crippen LogP contribution >= 0.6 is 15.9 Å². The highest BCUT2D eigenvalue weighted by Crippen LogP contribution is 2.44. The quantitative estimate of drug-likeness (QED) is 0.683. The Hall–Kier alpha value is -3.11. The second-order valence-corrected chi connectivity index (χ2v) is 8.00. The third-order valence-corrected chi connectivity index (χ3v) is 5.82. The minimum absolute atomic E-state index is 0.0192. The molecule has 0 saturated carbocycles. The van der Waals surface area contributed by atoms with Gasteiger partial charge in [0.1, 0.15) is 35.6 Å². The van der Waals surface area contributed by atoms with E-state index in [1.54, 1.807) is 18.2 Å². The Kier molecular flexibility index (Phi) is 5.60. The van der Waals surface area contributed by atoms with Crippen LogP contribution in [0.2, 0.25) is 0 Å². The zero-order valence-corrected chi connectivity index (χ0v) is 17.5. The summed E-state index contributed by atoms with van der Waals surface area (Å²) in [7, 11) is 0. The number of allylic oxidation sites excluding steroid dienone is 3. The maximum atomic E-state index is 13.0. The van der Waals surface area contributed by atoms with Crippen molar-refractivity contribution in [2.75, 3.05) is 0 Å². The number of carbonyl (C=O) groups excluding carboxylic acids is 1. The lowest BCUT2D eigenvalue weighted by atomic mass is 9.77. The largest absolute Gasteiger partial charge is 0.488 e. The Morgan fingerprint density at radius 2 is 2.00 bits per heavy atom. The van der Waals surface area contributed by atoms with Gasteiger partial charge in [-0.3, -0.25) is 4.79 Å². The van der Waals surface area contributed by atoms with E-state index in [2.05, 4.69) is 22.0 Å². The molecule has 2 N–H and O–H groups in total. The van der Waals surface area contributed by atoms with Gasteiger partial charge in [-0.2, -0.15) is 5.26 Å². The van der Waals surface area contributed by atoms with E-state index >= 15 is 0 Å². The highest BCUT2D eigenvalue weighted by atomic mass is 79.9. The molecule has 0 amide bonds. The number of Topliss-reactive ketones (excluding diaryl/α,β-unsaturated/α-hetero) is 1. The van der Waals surface area contributed by atoms with Crippen LogP contribution in [0.5, 0.6) is 5.75 Å². The van der Waals surface area contributed by atoms with Crippen molar-refractivity contribution in [2.45, 2.75) is 31.8 Å². The van der Waals surface area contributed by atoms with Crippen LogP contribution in [0, 0.1) is 17.1 Å². The van der Waals surface area contributed by atoms with Gasteiger partial charge in [0.25, 0.3) is 0 Å². The summed E-state index contributed by atoms with van der Waals surface area (Å²) in [6.07, 6.45) is 1.76. The lowest BCUT2D eigenvalue weighted by molar-refractivity contribution is -0.116. The number of nitriles is 1. The molecule has 2 aromatic carbocycles. The van der Waals surface area contributed by atoms with Gasteiger partial charge in [-0.25, -0.2) is 4.39 Å². The van der Waals surface area contributed by atoms with Crippen molar-refractivity contribution in [2.24, 2.45) is 5.73 Å². The molecule has 0 aromatic heterocycles. The van der Waals surface area contributed by atoms with Crippen LogP contribution < -0.4 is 10.5 Å². The highest BCUT2D eigenvalue weighted by Gasteiger charge is 2.38. The van der Waals surface area contributed by atoms with E-state index in [9.17, 15) is 14.4 Å². The molecule has 1 aliphatic heterocycles. The Morgan fingerprint density at radius 1 is 1.23 bits per heavy atom. The fraction of sp³-hybridized carbons (Fsp3) is 0.217. The summed E-state index contributed by atoms with van der Waals surface area (Å²) in [5, 5.41) is 9.66. The van der Waals surface area contributed by atoms with Crippen molar-refractivity contribution in [3.05, 3.63) is 86.7 Å². The van der Waals surface area contributed by atoms with Crippen LogP contribution in [0.4, 0.5) is 4.39 Å². The summed E-state index contributed by atoms with van der Waals surface area (Å²) in [4.78, 5) is 12.6. The average molecular weight is 469 g/mol. The highest BCUT2D eigenvalue weighted by molar-refractivity contribution is 9.10. The minimum Gasteiger partial charge on any atom is -0.488 e. The number of nitrogens with zero attached hydrogens (tertiary/aromatic N) is 1. The number of hydrogen-bond donors (Lipinski definition) is 1. The van der Waals surface area contributed by atoms with E-state index in [4.69, 9.17) is 15.2 Å². The van der Waals surface area contributed by atoms with Gasteiger partial charge in [-0.05, 0) is 57.7 Å². The molecule has 1 heterocycles. The molecule has 1 aliphatic carbocycles. The lowest BCUT2D eigenvalue weighted by Crippen LogP contribution is -2.27. The van der Waals surface area contributed by atoms with Crippen molar-refractivity contribution < 1.29 is 18.7 Å². The van der Waals surface area contributed by atoms with Gasteiger partial charge < -0.3 is 15.2 Å². The zero-order chi connectivity index (χ0) is 21.3. The predicted molar refractivity (Wildman–Crippen MR) is 111 cm³/mol. The van der Waals surface area contributed by atoms with Gasteiger partial charge >= 0.3 is 0 Å². The summed E-state index contributed by atoms with van der Waals surface area (Å²) in [6.45, 7) is 0.277. The van der Waals surface area contributed by atoms with Gasteiger partial charge in [0, 0.05) is 18.4 Å². The van der Waals surface area contributed by atoms with Gasteiger partial charge in [0.05, 0.1) is 10.4 Å². The fourth-order valence-electron chi connectivity index (χ4n) is 3.75. The first kappa shape index (κ1) is 20.2. The Bertz CT molecular complexity index is 1120. The first-order chi connectivity index (χ1) is 14.5. The normalized spacial score (nSPS) is 18.6. The van der Waals surface area contributed by atoms with E-state index < -0.39 is 5.92 Å². The standard InChI is InChI=1S/C23H18BrFN2O3/c24-17-10-14(6-9-19(17)29-12-13-4-7-15(25)8-5-13)21-16(11-26)23(27)30-20-3-1-2-18(28)22(20)21/h4-10,21H,1-3,12,27H2/t21-/m1/s1.